The van der Waals surface area contributed by atoms with Gasteiger partial charge >= 0.3 is 0 Å². The number of rotatable bonds is 14. The smallest absolute Gasteiger partial charge is 0.248 e. The first-order valence-electron chi connectivity index (χ1n) is 13.7. The van der Waals surface area contributed by atoms with E-state index in [1.807, 2.05) is 24.3 Å². The van der Waals surface area contributed by atoms with Gasteiger partial charge in [-0.2, -0.15) is 5.26 Å². The SMILES string of the molecule is C#Cc1cccc(Nc2c(C#N)cnc3cc(O[C@H]4CCOC4)c(NC(=O)/C=C/CN(CCOC)CCOC)cc23)c1. The van der Waals surface area contributed by atoms with Gasteiger partial charge in [0.05, 0.1) is 48.9 Å². The Kier molecular flexibility index (Phi) is 11.3. The van der Waals surface area contributed by atoms with Gasteiger partial charge in [-0.15, -0.1) is 6.42 Å². The van der Waals surface area contributed by atoms with E-state index in [1.54, 1.807) is 32.4 Å². The Bertz CT molecular complexity index is 1480. The number of pyridine rings is 1. The summed E-state index contributed by atoms with van der Waals surface area (Å²) in [5.74, 6) is 2.77. The van der Waals surface area contributed by atoms with E-state index in [9.17, 15) is 10.1 Å². The number of methoxy groups -OCH3 is 2. The normalized spacial score (nSPS) is 14.6. The standard InChI is InChI=1S/C32H35N5O5/c1-4-23-7-5-8-25(17-23)35-32-24(20-33)21-34-28-19-30(42-26-10-14-41-22-26)29(18-27(28)32)36-31(38)9-6-11-37(12-15-39-2)13-16-40-3/h1,5-9,17-19,21,26H,10-16,22H2,2-3H3,(H,34,35)(H,36,38)/b9-6+/t26-/m0/s1. The number of ether oxygens (including phenoxy) is 4. The summed E-state index contributed by atoms with van der Waals surface area (Å²) in [5.41, 5.74) is 3.37. The molecule has 4 rings (SSSR count). The molecule has 1 saturated heterocycles. The number of amides is 1. The van der Waals surface area contributed by atoms with Crippen molar-refractivity contribution in [2.45, 2.75) is 12.5 Å². The summed E-state index contributed by atoms with van der Waals surface area (Å²) in [4.78, 5) is 19.7. The summed E-state index contributed by atoms with van der Waals surface area (Å²) in [7, 11) is 3.31. The number of fused-ring (bicyclic) bond motifs is 1. The number of hydrogen-bond acceptors (Lipinski definition) is 9. The topological polar surface area (TPSA) is 118 Å². The van der Waals surface area contributed by atoms with Gasteiger partial charge in [-0.1, -0.05) is 18.1 Å². The zero-order chi connectivity index (χ0) is 29.7. The molecule has 1 fully saturated rings. The van der Waals surface area contributed by atoms with Crippen LogP contribution < -0.4 is 15.4 Å². The molecule has 10 nitrogen and oxygen atoms in total. The predicted octanol–water partition coefficient (Wildman–Crippen LogP) is 4.09. The van der Waals surface area contributed by atoms with Gasteiger partial charge in [-0.3, -0.25) is 14.7 Å². The largest absolute Gasteiger partial charge is 0.486 e. The average Bonchev–Trinajstić information content (AvgIpc) is 3.52. The summed E-state index contributed by atoms with van der Waals surface area (Å²) in [6, 6.07) is 13.1. The second-order valence-corrected chi connectivity index (χ2v) is 9.66. The van der Waals surface area contributed by atoms with Crippen molar-refractivity contribution in [2.24, 2.45) is 0 Å². The number of terminal acetylenes is 1. The van der Waals surface area contributed by atoms with Crippen LogP contribution in [-0.4, -0.2) is 82.2 Å². The minimum Gasteiger partial charge on any atom is -0.486 e. The number of benzene rings is 2. The van der Waals surface area contributed by atoms with Crippen LogP contribution in [0.5, 0.6) is 5.75 Å². The molecule has 2 N–H and O–H groups in total. The van der Waals surface area contributed by atoms with Crippen LogP contribution in [0.15, 0.2) is 54.7 Å². The van der Waals surface area contributed by atoms with Gasteiger partial charge in [0.1, 0.15) is 17.9 Å². The number of anilines is 3. The molecule has 0 aliphatic carbocycles. The van der Waals surface area contributed by atoms with E-state index in [2.05, 4.69) is 32.5 Å². The third-order valence-corrected chi connectivity index (χ3v) is 6.68. The molecule has 10 heteroatoms. The van der Waals surface area contributed by atoms with Crippen molar-refractivity contribution < 1.29 is 23.7 Å². The van der Waals surface area contributed by atoms with Crippen molar-refractivity contribution in [1.29, 1.82) is 5.26 Å². The van der Waals surface area contributed by atoms with Gasteiger partial charge in [-0.25, -0.2) is 0 Å². The van der Waals surface area contributed by atoms with Crippen molar-refractivity contribution in [3.05, 3.63) is 65.9 Å². The second-order valence-electron chi connectivity index (χ2n) is 9.66. The van der Waals surface area contributed by atoms with Crippen LogP contribution >= 0.6 is 0 Å². The lowest BCUT2D eigenvalue weighted by atomic mass is 10.1. The molecule has 1 aliphatic heterocycles. The number of hydrogen-bond donors (Lipinski definition) is 2. The molecule has 42 heavy (non-hydrogen) atoms. The van der Waals surface area contributed by atoms with Gasteiger partial charge < -0.3 is 29.6 Å². The quantitative estimate of drug-likeness (QED) is 0.219. The van der Waals surface area contributed by atoms with Crippen LogP contribution in [0.3, 0.4) is 0 Å². The zero-order valence-corrected chi connectivity index (χ0v) is 23.9. The second kappa shape index (κ2) is 15.5. The first-order chi connectivity index (χ1) is 20.5. The molecule has 0 radical (unpaired) electrons. The van der Waals surface area contributed by atoms with Crippen LogP contribution in [0, 0.1) is 23.7 Å². The maximum absolute atomic E-state index is 13.1. The highest BCUT2D eigenvalue weighted by atomic mass is 16.5. The number of carbonyl (C=O) groups is 1. The van der Waals surface area contributed by atoms with Crippen LogP contribution in [0.1, 0.15) is 17.5 Å². The molecule has 2 aromatic carbocycles. The van der Waals surface area contributed by atoms with Gasteiger partial charge in [0.2, 0.25) is 5.91 Å². The number of aromatic nitrogens is 1. The fourth-order valence-electron chi connectivity index (χ4n) is 4.47. The molecule has 2 heterocycles. The van der Waals surface area contributed by atoms with Gasteiger partial charge in [0, 0.05) is 75.3 Å². The molecule has 1 aliphatic rings. The van der Waals surface area contributed by atoms with E-state index in [0.717, 1.165) is 12.1 Å². The molecule has 1 atom stereocenters. The Balaban J connectivity index is 1.64. The minimum atomic E-state index is -0.319. The lowest BCUT2D eigenvalue weighted by Crippen LogP contribution is -2.31. The summed E-state index contributed by atoms with van der Waals surface area (Å²) in [6.45, 7) is 4.21. The molecule has 0 saturated carbocycles. The van der Waals surface area contributed by atoms with Crippen LogP contribution in [-0.2, 0) is 19.0 Å². The van der Waals surface area contributed by atoms with Crippen LogP contribution in [0.25, 0.3) is 10.9 Å². The summed E-state index contributed by atoms with van der Waals surface area (Å²) in [6.07, 6.45) is 11.0. The van der Waals surface area contributed by atoms with Crippen molar-refractivity contribution >= 4 is 33.9 Å². The Labute approximate surface area is 246 Å². The lowest BCUT2D eigenvalue weighted by Gasteiger charge is -2.20. The summed E-state index contributed by atoms with van der Waals surface area (Å²) in [5, 5.41) is 16.8. The monoisotopic (exact) mass is 569 g/mol. The molecule has 218 valence electrons. The van der Waals surface area contributed by atoms with E-state index in [-0.39, 0.29) is 12.0 Å². The van der Waals surface area contributed by atoms with Crippen molar-refractivity contribution in [2.75, 3.05) is 70.9 Å². The highest BCUT2D eigenvalue weighted by Gasteiger charge is 2.21. The number of nitrogens with one attached hydrogen (secondary N) is 2. The minimum absolute atomic E-state index is 0.147. The molecular weight excluding hydrogens is 534 g/mol. The molecule has 0 bridgehead atoms. The van der Waals surface area contributed by atoms with Crippen molar-refractivity contribution in [3.63, 3.8) is 0 Å². The summed E-state index contributed by atoms with van der Waals surface area (Å²) >= 11 is 0. The van der Waals surface area contributed by atoms with E-state index in [1.165, 1.54) is 12.3 Å². The average molecular weight is 570 g/mol. The fraction of sp³-hybridized carbons (Fsp3) is 0.344. The first-order valence-corrected chi connectivity index (χ1v) is 13.7. The van der Waals surface area contributed by atoms with E-state index in [4.69, 9.17) is 25.4 Å². The van der Waals surface area contributed by atoms with Gasteiger partial charge in [0.25, 0.3) is 0 Å². The molecule has 0 unspecified atom stereocenters. The van der Waals surface area contributed by atoms with E-state index >= 15 is 0 Å². The highest BCUT2D eigenvalue weighted by molar-refractivity contribution is 6.04. The molecule has 1 aromatic heterocycles. The Morgan fingerprint density at radius 1 is 1.24 bits per heavy atom. The Hall–Kier alpha value is -4.45. The maximum Gasteiger partial charge on any atom is 0.248 e. The maximum atomic E-state index is 13.1. The number of nitrogens with zero attached hydrogens (tertiary/aromatic N) is 3. The fourth-order valence-corrected chi connectivity index (χ4v) is 4.47. The molecule has 0 spiro atoms. The van der Waals surface area contributed by atoms with Crippen LogP contribution in [0.4, 0.5) is 17.1 Å². The number of nitriles is 1. The lowest BCUT2D eigenvalue weighted by molar-refractivity contribution is -0.111. The Morgan fingerprint density at radius 3 is 2.74 bits per heavy atom. The van der Waals surface area contributed by atoms with Crippen LogP contribution in [0.2, 0.25) is 0 Å². The molecule has 1 amide bonds. The highest BCUT2D eigenvalue weighted by Crippen LogP contribution is 2.37. The third-order valence-electron chi connectivity index (χ3n) is 6.68. The number of carbonyl (C=O) groups excluding carboxylic acids is 1. The predicted molar refractivity (Wildman–Crippen MR) is 162 cm³/mol. The Morgan fingerprint density at radius 2 is 2.05 bits per heavy atom. The summed E-state index contributed by atoms with van der Waals surface area (Å²) < 4.78 is 22.1. The van der Waals surface area contributed by atoms with Gasteiger partial charge in [-0.05, 0) is 24.3 Å². The van der Waals surface area contributed by atoms with Crippen molar-refractivity contribution in [1.82, 2.24) is 9.88 Å². The van der Waals surface area contributed by atoms with Gasteiger partial charge in [0.15, 0.2) is 0 Å². The zero-order valence-electron chi connectivity index (χ0n) is 23.9. The molecular formula is C32H35N5O5. The third kappa shape index (κ3) is 8.29. The van der Waals surface area contributed by atoms with E-state index in [0.29, 0.717) is 85.2 Å². The first kappa shape index (κ1) is 30.5. The molecule has 3 aromatic rings. The van der Waals surface area contributed by atoms with Crippen molar-refractivity contribution in [3.8, 4) is 24.2 Å². The van der Waals surface area contributed by atoms with E-state index < -0.39 is 0 Å².